The van der Waals surface area contributed by atoms with Crippen LogP contribution in [0.2, 0.25) is 0 Å². The lowest BCUT2D eigenvalue weighted by Crippen LogP contribution is -2.34. The highest BCUT2D eigenvalue weighted by atomic mass is 16.3. The molecule has 3 heterocycles. The Labute approximate surface area is 148 Å². The fourth-order valence-corrected chi connectivity index (χ4v) is 3.32. The van der Waals surface area contributed by atoms with Gasteiger partial charge in [-0.1, -0.05) is 30.3 Å². The van der Waals surface area contributed by atoms with E-state index in [0.29, 0.717) is 0 Å². The first-order valence-electron chi connectivity index (χ1n) is 8.84. The van der Waals surface area contributed by atoms with E-state index in [1.165, 1.54) is 11.3 Å². The lowest BCUT2D eigenvalue weighted by Gasteiger charge is -2.27. The summed E-state index contributed by atoms with van der Waals surface area (Å²) in [5.41, 5.74) is 3.78. The van der Waals surface area contributed by atoms with E-state index >= 15 is 0 Å². The second-order valence-electron chi connectivity index (χ2n) is 6.67. The van der Waals surface area contributed by atoms with Crippen molar-refractivity contribution in [3.05, 3.63) is 77.0 Å². The smallest absolute Gasteiger partial charge is 0.117 e. The number of benzene rings is 1. The summed E-state index contributed by atoms with van der Waals surface area (Å²) in [6.45, 7) is 6.38. The molecule has 1 aliphatic rings. The largest absolute Gasteiger partial charge is 0.465 e. The quantitative estimate of drug-likeness (QED) is 0.751. The van der Waals surface area contributed by atoms with Crippen molar-refractivity contribution in [2.45, 2.75) is 39.6 Å². The van der Waals surface area contributed by atoms with Crippen LogP contribution < -0.4 is 5.32 Å². The molecule has 0 bridgehead atoms. The molecule has 1 aliphatic heterocycles. The number of rotatable bonds is 6. The first-order chi connectivity index (χ1) is 12.3. The van der Waals surface area contributed by atoms with Crippen LogP contribution in [0.15, 0.2) is 52.9 Å². The normalized spacial score (nSPS) is 14.6. The third-order valence-electron chi connectivity index (χ3n) is 4.58. The van der Waals surface area contributed by atoms with E-state index in [4.69, 9.17) is 9.52 Å². The van der Waals surface area contributed by atoms with Crippen LogP contribution in [0.25, 0.3) is 0 Å². The van der Waals surface area contributed by atoms with Crippen LogP contribution in [-0.2, 0) is 32.7 Å². The number of aryl methyl sites for hydroxylation is 1. The Hall–Kier alpha value is -2.37. The monoisotopic (exact) mass is 336 g/mol. The maximum atomic E-state index is 5.58. The maximum absolute atomic E-state index is 5.58. The Morgan fingerprint density at radius 1 is 1.12 bits per heavy atom. The van der Waals surface area contributed by atoms with Gasteiger partial charge >= 0.3 is 0 Å². The Kier molecular flexibility index (Phi) is 4.68. The number of nitrogens with one attached hydrogen (secondary N) is 1. The van der Waals surface area contributed by atoms with Gasteiger partial charge in [0.25, 0.3) is 0 Å². The predicted molar refractivity (Wildman–Crippen MR) is 96.8 cm³/mol. The molecule has 0 aliphatic carbocycles. The Balaban J connectivity index is 1.32. The number of aromatic nitrogens is 2. The lowest BCUT2D eigenvalue weighted by atomic mass is 10.2. The SMILES string of the molecule is Cc1ccc(CNCc2cc3n(n2)CN(Cc2ccccc2)CC3)o1. The molecule has 3 aromatic rings. The molecule has 0 spiro atoms. The van der Waals surface area contributed by atoms with Crippen molar-refractivity contribution in [1.82, 2.24) is 20.0 Å². The van der Waals surface area contributed by atoms with Crippen LogP contribution in [0.3, 0.4) is 0 Å². The van der Waals surface area contributed by atoms with Gasteiger partial charge in [-0.15, -0.1) is 0 Å². The molecule has 2 aromatic heterocycles. The molecule has 0 amide bonds. The zero-order valence-electron chi connectivity index (χ0n) is 14.6. The molecule has 0 unspecified atom stereocenters. The van der Waals surface area contributed by atoms with Crippen LogP contribution in [0.5, 0.6) is 0 Å². The van der Waals surface area contributed by atoms with Crippen molar-refractivity contribution in [2.24, 2.45) is 0 Å². The minimum atomic E-state index is 0.732. The number of hydrogen-bond acceptors (Lipinski definition) is 4. The van der Waals surface area contributed by atoms with Gasteiger partial charge in [0, 0.05) is 31.7 Å². The van der Waals surface area contributed by atoms with Crippen molar-refractivity contribution in [1.29, 1.82) is 0 Å². The topological polar surface area (TPSA) is 46.2 Å². The predicted octanol–water partition coefficient (Wildman–Crippen LogP) is 3.09. The number of nitrogens with zero attached hydrogens (tertiary/aromatic N) is 3. The second kappa shape index (κ2) is 7.25. The molecule has 5 nitrogen and oxygen atoms in total. The summed E-state index contributed by atoms with van der Waals surface area (Å²) in [6.07, 6.45) is 1.05. The molecule has 0 saturated carbocycles. The van der Waals surface area contributed by atoms with Crippen molar-refractivity contribution < 1.29 is 4.42 Å². The fourth-order valence-electron chi connectivity index (χ4n) is 3.32. The summed E-state index contributed by atoms with van der Waals surface area (Å²) in [4.78, 5) is 2.44. The molecule has 0 atom stereocenters. The highest BCUT2D eigenvalue weighted by Gasteiger charge is 2.18. The Morgan fingerprint density at radius 3 is 2.80 bits per heavy atom. The molecule has 130 valence electrons. The summed E-state index contributed by atoms with van der Waals surface area (Å²) < 4.78 is 7.72. The van der Waals surface area contributed by atoms with E-state index in [9.17, 15) is 0 Å². The average Bonchev–Trinajstić information content (AvgIpc) is 3.21. The van der Waals surface area contributed by atoms with E-state index in [1.807, 2.05) is 19.1 Å². The van der Waals surface area contributed by atoms with Crippen molar-refractivity contribution in [3.63, 3.8) is 0 Å². The summed E-state index contributed by atoms with van der Waals surface area (Å²) in [6, 6.07) is 16.9. The lowest BCUT2D eigenvalue weighted by molar-refractivity contribution is 0.173. The molecule has 25 heavy (non-hydrogen) atoms. The van der Waals surface area contributed by atoms with Crippen LogP contribution in [-0.4, -0.2) is 21.2 Å². The van der Waals surface area contributed by atoms with Crippen LogP contribution in [0.4, 0.5) is 0 Å². The first kappa shape index (κ1) is 16.1. The van der Waals surface area contributed by atoms with Gasteiger partial charge in [0.1, 0.15) is 11.5 Å². The average molecular weight is 336 g/mol. The summed E-state index contributed by atoms with van der Waals surface area (Å²) in [5, 5.41) is 8.17. The number of furan rings is 1. The Morgan fingerprint density at radius 2 is 2.00 bits per heavy atom. The van der Waals surface area contributed by atoms with Crippen LogP contribution in [0.1, 0.15) is 28.5 Å². The number of fused-ring (bicyclic) bond motifs is 1. The van der Waals surface area contributed by atoms with Crippen molar-refractivity contribution in [3.8, 4) is 0 Å². The molecule has 0 radical (unpaired) electrons. The van der Waals surface area contributed by atoms with Crippen molar-refractivity contribution in [2.75, 3.05) is 6.54 Å². The van der Waals surface area contributed by atoms with Gasteiger partial charge in [-0.2, -0.15) is 5.10 Å². The van der Waals surface area contributed by atoms with Crippen molar-refractivity contribution >= 4 is 0 Å². The fraction of sp³-hybridized carbons (Fsp3) is 0.350. The minimum absolute atomic E-state index is 0.732. The van der Waals surface area contributed by atoms with Gasteiger partial charge in [-0.25, -0.2) is 0 Å². The zero-order valence-corrected chi connectivity index (χ0v) is 14.6. The molecule has 5 heteroatoms. The van der Waals surface area contributed by atoms with E-state index in [0.717, 1.165) is 56.5 Å². The molecular formula is C20H24N4O. The van der Waals surface area contributed by atoms with Gasteiger partial charge < -0.3 is 9.73 Å². The second-order valence-corrected chi connectivity index (χ2v) is 6.67. The van der Waals surface area contributed by atoms with Gasteiger partial charge in [-0.05, 0) is 30.7 Å². The van der Waals surface area contributed by atoms with Gasteiger partial charge in [0.15, 0.2) is 0 Å². The van der Waals surface area contributed by atoms with E-state index in [2.05, 4.69) is 51.3 Å². The van der Waals surface area contributed by atoms with E-state index < -0.39 is 0 Å². The molecule has 4 rings (SSSR count). The van der Waals surface area contributed by atoms with Gasteiger partial charge in [-0.3, -0.25) is 9.58 Å². The summed E-state index contributed by atoms with van der Waals surface area (Å²) in [7, 11) is 0. The van der Waals surface area contributed by atoms with Gasteiger partial charge in [0.05, 0.1) is 18.9 Å². The molecule has 0 fully saturated rings. The van der Waals surface area contributed by atoms with Crippen LogP contribution >= 0.6 is 0 Å². The number of hydrogen-bond donors (Lipinski definition) is 1. The van der Waals surface area contributed by atoms with E-state index in [1.54, 1.807) is 0 Å². The van der Waals surface area contributed by atoms with E-state index in [-0.39, 0.29) is 0 Å². The van der Waals surface area contributed by atoms with Gasteiger partial charge in [0.2, 0.25) is 0 Å². The zero-order chi connectivity index (χ0) is 17.1. The minimum Gasteiger partial charge on any atom is -0.465 e. The molecule has 0 saturated heterocycles. The summed E-state index contributed by atoms with van der Waals surface area (Å²) in [5.74, 6) is 1.92. The molecular weight excluding hydrogens is 312 g/mol. The first-order valence-corrected chi connectivity index (χ1v) is 8.84. The molecule has 1 N–H and O–H groups in total. The third-order valence-corrected chi connectivity index (χ3v) is 4.58. The molecule has 1 aromatic carbocycles. The highest BCUT2D eigenvalue weighted by molar-refractivity contribution is 5.16. The maximum Gasteiger partial charge on any atom is 0.117 e. The summed E-state index contributed by atoms with van der Waals surface area (Å²) >= 11 is 0. The Bertz CT molecular complexity index is 821. The standard InChI is InChI=1S/C20H24N4O/c1-16-7-8-20(25-16)13-21-12-18-11-19-9-10-23(15-24(19)22-18)14-17-5-3-2-4-6-17/h2-8,11,21H,9-10,12-15H2,1H3. The third kappa shape index (κ3) is 4.00. The van der Waals surface area contributed by atoms with Crippen LogP contribution in [0, 0.1) is 6.92 Å². The highest BCUT2D eigenvalue weighted by Crippen LogP contribution is 2.16.